The monoisotopic (exact) mass is 375 g/mol. The van der Waals surface area contributed by atoms with Gasteiger partial charge in [0.2, 0.25) is 0 Å². The van der Waals surface area contributed by atoms with E-state index in [0.717, 1.165) is 6.07 Å². The number of hydrogen-bond donors (Lipinski definition) is 2. The minimum Gasteiger partial charge on any atom is -0.496 e. The van der Waals surface area contributed by atoms with Crippen molar-refractivity contribution in [1.29, 1.82) is 0 Å². The molecule has 2 amide bonds. The number of methoxy groups -OCH3 is 2. The Morgan fingerprint density at radius 2 is 1.74 bits per heavy atom. The number of nitro groups is 1. The lowest BCUT2D eigenvalue weighted by molar-refractivity contribution is -0.384. The molecule has 0 atom stereocenters. The van der Waals surface area contributed by atoms with Crippen LogP contribution in [0, 0.1) is 10.1 Å². The van der Waals surface area contributed by atoms with Crippen molar-refractivity contribution < 1.29 is 28.7 Å². The number of rotatable bonds is 8. The summed E-state index contributed by atoms with van der Waals surface area (Å²) in [5.41, 5.74) is 5.11. The largest absolute Gasteiger partial charge is 0.496 e. The van der Waals surface area contributed by atoms with Crippen molar-refractivity contribution >= 4 is 23.2 Å². The molecule has 10 nitrogen and oxygen atoms in total. The molecule has 0 heterocycles. The zero-order valence-electron chi connectivity index (χ0n) is 14.6. The Morgan fingerprint density at radius 3 is 2.33 bits per heavy atom. The van der Waals surface area contributed by atoms with Crippen molar-refractivity contribution in [3.63, 3.8) is 0 Å². The van der Waals surface area contributed by atoms with Gasteiger partial charge in [0.05, 0.1) is 24.7 Å². The van der Waals surface area contributed by atoms with Crippen molar-refractivity contribution in [3.05, 3.63) is 52.1 Å². The number of carbonyl (C=O) groups is 2. The highest BCUT2D eigenvalue weighted by Gasteiger charge is 2.18. The maximum atomic E-state index is 12.5. The molecule has 2 rings (SSSR count). The number of amides is 2. The number of non-ortho nitro benzene ring substituents is 1. The molecule has 0 bridgehead atoms. The number of anilines is 1. The summed E-state index contributed by atoms with van der Waals surface area (Å²) in [7, 11) is 2.76. The van der Waals surface area contributed by atoms with Gasteiger partial charge in [-0.2, -0.15) is 0 Å². The molecule has 0 aliphatic rings. The average Bonchev–Trinajstić information content (AvgIpc) is 2.65. The van der Waals surface area contributed by atoms with Crippen molar-refractivity contribution in [1.82, 2.24) is 0 Å². The van der Waals surface area contributed by atoms with Crippen LogP contribution in [0.5, 0.6) is 17.2 Å². The molecule has 0 unspecified atom stereocenters. The average molecular weight is 375 g/mol. The van der Waals surface area contributed by atoms with E-state index in [4.69, 9.17) is 19.9 Å². The summed E-state index contributed by atoms with van der Waals surface area (Å²) >= 11 is 0. The third-order valence-corrected chi connectivity index (χ3v) is 3.43. The summed E-state index contributed by atoms with van der Waals surface area (Å²) in [5, 5.41) is 13.5. The maximum Gasteiger partial charge on any atom is 0.270 e. The summed E-state index contributed by atoms with van der Waals surface area (Å²) in [4.78, 5) is 33.8. The maximum absolute atomic E-state index is 12.5. The Morgan fingerprint density at radius 1 is 1.07 bits per heavy atom. The molecule has 27 heavy (non-hydrogen) atoms. The fraction of sp³-hybridized carbons (Fsp3) is 0.176. The molecule has 0 aliphatic carbocycles. The van der Waals surface area contributed by atoms with E-state index in [1.807, 2.05) is 0 Å². The number of primary amides is 1. The number of nitrogens with two attached hydrogens (primary N) is 1. The van der Waals surface area contributed by atoms with Crippen LogP contribution in [0.25, 0.3) is 0 Å². The summed E-state index contributed by atoms with van der Waals surface area (Å²) in [6, 6.07) is 8.18. The minimum atomic E-state index is -0.673. The van der Waals surface area contributed by atoms with Gasteiger partial charge in [-0.25, -0.2) is 0 Å². The summed E-state index contributed by atoms with van der Waals surface area (Å²) < 4.78 is 15.4. The van der Waals surface area contributed by atoms with Gasteiger partial charge in [-0.05, 0) is 18.2 Å². The Bertz CT molecular complexity index is 883. The Balaban J connectivity index is 2.29. The minimum absolute atomic E-state index is 0.0119. The van der Waals surface area contributed by atoms with Crippen LogP contribution in [-0.4, -0.2) is 37.6 Å². The highest BCUT2D eigenvalue weighted by molar-refractivity contribution is 6.06. The first-order valence-corrected chi connectivity index (χ1v) is 7.58. The van der Waals surface area contributed by atoms with Crippen LogP contribution in [0.4, 0.5) is 11.4 Å². The van der Waals surface area contributed by atoms with Crippen molar-refractivity contribution in [2.75, 3.05) is 26.1 Å². The van der Waals surface area contributed by atoms with Crippen molar-refractivity contribution in [2.24, 2.45) is 5.73 Å². The summed E-state index contributed by atoms with van der Waals surface area (Å²) in [6.07, 6.45) is 0. The predicted molar refractivity (Wildman–Crippen MR) is 95.3 cm³/mol. The van der Waals surface area contributed by atoms with Gasteiger partial charge in [0.1, 0.15) is 5.75 Å². The molecule has 0 fully saturated rings. The normalized spacial score (nSPS) is 10.0. The van der Waals surface area contributed by atoms with Gasteiger partial charge in [-0.15, -0.1) is 0 Å². The fourth-order valence-electron chi connectivity index (χ4n) is 2.20. The number of ether oxygens (including phenoxy) is 3. The zero-order valence-corrected chi connectivity index (χ0v) is 14.6. The van der Waals surface area contributed by atoms with E-state index in [1.54, 1.807) is 0 Å². The number of nitrogens with zero attached hydrogens (tertiary/aromatic N) is 1. The molecular formula is C17H17N3O7. The van der Waals surface area contributed by atoms with Gasteiger partial charge in [-0.1, -0.05) is 0 Å². The van der Waals surface area contributed by atoms with E-state index in [1.165, 1.54) is 44.6 Å². The second-order valence-corrected chi connectivity index (χ2v) is 5.22. The van der Waals surface area contributed by atoms with Gasteiger partial charge in [0.15, 0.2) is 18.1 Å². The molecular weight excluding hydrogens is 358 g/mol. The molecule has 2 aromatic carbocycles. The summed E-state index contributed by atoms with van der Waals surface area (Å²) in [5.74, 6) is -0.589. The molecule has 0 saturated carbocycles. The van der Waals surface area contributed by atoms with E-state index in [0.29, 0.717) is 11.4 Å². The molecule has 0 aromatic heterocycles. The standard InChI is InChI=1S/C17H17N3O7/c1-25-13-6-4-11(20(23)24)8-12(13)17(22)19-10-3-5-14(26-2)15(7-10)27-9-16(18)21/h3-8H,9H2,1-2H3,(H2,18,21)(H,19,22). The number of carbonyl (C=O) groups excluding carboxylic acids is 2. The van der Waals surface area contributed by atoms with Crippen LogP contribution in [0.15, 0.2) is 36.4 Å². The molecule has 10 heteroatoms. The van der Waals surface area contributed by atoms with Gasteiger partial charge < -0.3 is 25.3 Å². The Kier molecular flexibility index (Phi) is 6.15. The molecule has 0 saturated heterocycles. The smallest absolute Gasteiger partial charge is 0.270 e. The Hall–Kier alpha value is -3.82. The molecule has 0 aliphatic heterocycles. The topological polar surface area (TPSA) is 143 Å². The van der Waals surface area contributed by atoms with E-state index >= 15 is 0 Å². The molecule has 0 spiro atoms. The number of hydrogen-bond acceptors (Lipinski definition) is 7. The number of nitrogens with one attached hydrogen (secondary N) is 1. The first kappa shape index (κ1) is 19.5. The molecule has 2 aromatic rings. The number of nitro benzene ring substituents is 1. The van der Waals surface area contributed by atoms with Crippen LogP contribution in [-0.2, 0) is 4.79 Å². The van der Waals surface area contributed by atoms with E-state index < -0.39 is 16.7 Å². The second kappa shape index (κ2) is 8.52. The lowest BCUT2D eigenvalue weighted by atomic mass is 10.1. The SMILES string of the molecule is COc1ccc(NC(=O)c2cc([N+](=O)[O-])ccc2OC)cc1OCC(N)=O. The predicted octanol–water partition coefficient (Wildman–Crippen LogP) is 1.73. The quantitative estimate of drug-likeness (QED) is 0.528. The van der Waals surface area contributed by atoms with Crippen LogP contribution in [0.1, 0.15) is 10.4 Å². The zero-order chi connectivity index (χ0) is 20.0. The lowest BCUT2D eigenvalue weighted by Crippen LogP contribution is -2.20. The first-order valence-electron chi connectivity index (χ1n) is 7.58. The first-order chi connectivity index (χ1) is 12.8. The third kappa shape index (κ3) is 4.84. The van der Waals surface area contributed by atoms with Crippen molar-refractivity contribution in [3.8, 4) is 17.2 Å². The van der Waals surface area contributed by atoms with Gasteiger partial charge >= 0.3 is 0 Å². The lowest BCUT2D eigenvalue weighted by Gasteiger charge is -2.13. The van der Waals surface area contributed by atoms with Crippen LogP contribution >= 0.6 is 0 Å². The fourth-order valence-corrected chi connectivity index (χ4v) is 2.20. The third-order valence-electron chi connectivity index (χ3n) is 3.43. The van der Waals surface area contributed by atoms with Crippen molar-refractivity contribution in [2.45, 2.75) is 0 Å². The van der Waals surface area contributed by atoms with Crippen LogP contribution < -0.4 is 25.3 Å². The van der Waals surface area contributed by atoms with E-state index in [9.17, 15) is 19.7 Å². The highest BCUT2D eigenvalue weighted by atomic mass is 16.6. The second-order valence-electron chi connectivity index (χ2n) is 5.22. The van der Waals surface area contributed by atoms with E-state index in [-0.39, 0.29) is 29.4 Å². The van der Waals surface area contributed by atoms with Crippen LogP contribution in [0.2, 0.25) is 0 Å². The highest BCUT2D eigenvalue weighted by Crippen LogP contribution is 2.31. The molecule has 3 N–H and O–H groups in total. The summed E-state index contributed by atoms with van der Waals surface area (Å²) in [6.45, 7) is -0.369. The molecule has 0 radical (unpaired) electrons. The van der Waals surface area contributed by atoms with E-state index in [2.05, 4.69) is 5.32 Å². The van der Waals surface area contributed by atoms with Gasteiger partial charge in [-0.3, -0.25) is 19.7 Å². The number of benzene rings is 2. The van der Waals surface area contributed by atoms with Gasteiger partial charge in [0.25, 0.3) is 17.5 Å². The van der Waals surface area contributed by atoms with Crippen LogP contribution in [0.3, 0.4) is 0 Å². The molecule has 142 valence electrons. The Labute approximate surface area is 154 Å². The van der Waals surface area contributed by atoms with Gasteiger partial charge in [0, 0.05) is 23.9 Å².